The monoisotopic (exact) mass is 602 g/mol. The minimum absolute atomic E-state index is 0.0993. The number of hydrogen-bond donors (Lipinski definition) is 5. The van der Waals surface area contributed by atoms with Gasteiger partial charge in [0.15, 0.2) is 11.4 Å². The average molecular weight is 603 g/mol. The maximum Gasteiger partial charge on any atom is 0.331 e. The van der Waals surface area contributed by atoms with Crippen molar-refractivity contribution in [2.45, 2.75) is 126 Å². The van der Waals surface area contributed by atoms with Crippen LogP contribution >= 0.6 is 0 Å². The summed E-state index contributed by atoms with van der Waals surface area (Å²) in [6, 6.07) is 0. The van der Waals surface area contributed by atoms with E-state index >= 15 is 0 Å². The Hall–Kier alpha value is -2.14. The van der Waals surface area contributed by atoms with Crippen LogP contribution in [0.3, 0.4) is 0 Å². The zero-order valence-electron chi connectivity index (χ0n) is 26.0. The van der Waals surface area contributed by atoms with Crippen molar-refractivity contribution in [1.29, 1.82) is 0 Å². The summed E-state index contributed by atoms with van der Waals surface area (Å²) in [5.41, 5.74) is -7.60. The number of allylic oxidation sites excluding steroid dienone is 3. The number of unbranched alkanes of at least 4 members (excludes halogenated alkanes) is 7. The molecule has 1 heterocycles. The van der Waals surface area contributed by atoms with Crippen molar-refractivity contribution in [2.75, 3.05) is 6.61 Å². The molecule has 9 nitrogen and oxygen atoms in total. The van der Waals surface area contributed by atoms with Gasteiger partial charge in [-0.3, -0.25) is 4.79 Å². The fourth-order valence-corrected chi connectivity index (χ4v) is 7.89. The Bertz CT molecular complexity index is 1170. The van der Waals surface area contributed by atoms with E-state index in [0.29, 0.717) is 5.57 Å². The van der Waals surface area contributed by atoms with Crippen LogP contribution in [0.1, 0.15) is 85.5 Å². The number of carbonyl (C=O) groups excluding carboxylic acids is 2. The van der Waals surface area contributed by atoms with Crippen LogP contribution < -0.4 is 0 Å². The van der Waals surface area contributed by atoms with E-state index in [-0.39, 0.29) is 12.0 Å². The molecule has 0 amide bonds. The van der Waals surface area contributed by atoms with E-state index in [9.17, 15) is 35.1 Å². The highest BCUT2D eigenvalue weighted by Crippen LogP contribution is 2.65. The van der Waals surface area contributed by atoms with E-state index in [1.54, 1.807) is 26.0 Å². The minimum atomic E-state index is -2.48. The second-order valence-electron chi connectivity index (χ2n) is 13.3. The summed E-state index contributed by atoms with van der Waals surface area (Å²) < 4.78 is 11.7. The molecule has 2 saturated carbocycles. The second kappa shape index (κ2) is 12.7. The third kappa shape index (κ3) is 5.51. The average Bonchev–Trinajstić information content (AvgIpc) is 3.65. The van der Waals surface area contributed by atoms with Crippen molar-refractivity contribution >= 4 is 11.8 Å². The van der Waals surface area contributed by atoms with Crippen molar-refractivity contribution in [3.63, 3.8) is 0 Å². The fraction of sp³-hybridized carbons (Fsp3) is 0.706. The predicted octanol–water partition coefficient (Wildman–Crippen LogP) is 3.23. The van der Waals surface area contributed by atoms with Crippen LogP contribution in [0.4, 0.5) is 0 Å². The van der Waals surface area contributed by atoms with Gasteiger partial charge in [-0.05, 0) is 50.2 Å². The zero-order chi connectivity index (χ0) is 31.8. The maximum absolute atomic E-state index is 13.3. The lowest BCUT2D eigenvalue weighted by molar-refractivity contribution is -0.252. The van der Waals surface area contributed by atoms with Crippen LogP contribution in [0, 0.1) is 17.8 Å². The Kier molecular flexibility index (Phi) is 9.96. The predicted molar refractivity (Wildman–Crippen MR) is 161 cm³/mol. The van der Waals surface area contributed by atoms with Crippen LogP contribution in [-0.4, -0.2) is 84.6 Å². The van der Waals surface area contributed by atoms with Crippen molar-refractivity contribution in [3.05, 3.63) is 48.1 Å². The number of epoxide rings is 1. The largest absolute Gasteiger partial charge is 0.455 e. The molecule has 43 heavy (non-hydrogen) atoms. The van der Waals surface area contributed by atoms with Crippen molar-refractivity contribution in [2.24, 2.45) is 17.8 Å². The highest BCUT2D eigenvalue weighted by atomic mass is 16.6. The molecule has 5 N–H and O–H groups in total. The van der Waals surface area contributed by atoms with Gasteiger partial charge in [-0.2, -0.15) is 0 Å². The second-order valence-corrected chi connectivity index (χ2v) is 13.3. The van der Waals surface area contributed by atoms with Crippen LogP contribution in [-0.2, 0) is 19.1 Å². The summed E-state index contributed by atoms with van der Waals surface area (Å²) in [5, 5.41) is 58.0. The molecule has 1 saturated heterocycles. The summed E-state index contributed by atoms with van der Waals surface area (Å²) in [5.74, 6) is -4.83. The van der Waals surface area contributed by atoms with Crippen molar-refractivity contribution in [3.8, 4) is 0 Å². The van der Waals surface area contributed by atoms with Gasteiger partial charge in [-0.1, -0.05) is 83.3 Å². The first-order valence-electron chi connectivity index (χ1n) is 15.8. The fourth-order valence-electron chi connectivity index (χ4n) is 7.89. The number of carbonyl (C=O) groups is 2. The lowest BCUT2D eigenvalue weighted by Crippen LogP contribution is -2.71. The van der Waals surface area contributed by atoms with Gasteiger partial charge in [0.05, 0.1) is 18.1 Å². The number of rotatable bonds is 13. The van der Waals surface area contributed by atoms with Crippen LogP contribution in [0.5, 0.6) is 0 Å². The molecule has 9 heteroatoms. The summed E-state index contributed by atoms with van der Waals surface area (Å²) >= 11 is 0. The lowest BCUT2D eigenvalue weighted by Gasteiger charge is -2.57. The topological polar surface area (TPSA) is 157 Å². The molecule has 3 fully saturated rings. The third-order valence-electron chi connectivity index (χ3n) is 10.5. The molecular weight excluding hydrogens is 552 g/mol. The van der Waals surface area contributed by atoms with Gasteiger partial charge in [0.2, 0.25) is 0 Å². The van der Waals surface area contributed by atoms with Gasteiger partial charge in [0.1, 0.15) is 29.5 Å². The molecule has 0 aromatic carbocycles. The number of ether oxygens (including phenoxy) is 2. The molecule has 0 aromatic heterocycles. The molecule has 3 unspecified atom stereocenters. The Morgan fingerprint density at radius 3 is 2.42 bits per heavy atom. The standard InChI is InChI=1S/C34H50O9/c1-6-7-8-9-10-11-12-13-14-15-16-17-25(36)42-28-26-29-32(20-35,43-29)30(38)34(41)24(18-22(4)27(34)37)33(26,40)23(5)19-31(28,39)21(2)3/h14-18,23-24,26,28-30,35,38-41H,2,6-13,19-20H2,1,3-5H3/b15-14+,17-16+/t23-,24?,26?,28?,29+,30-,31-,32+,33+,34-/m1/s1. The van der Waals surface area contributed by atoms with E-state index in [4.69, 9.17) is 9.47 Å². The number of ketones is 1. The summed E-state index contributed by atoms with van der Waals surface area (Å²) in [6.45, 7) is 10.1. The summed E-state index contributed by atoms with van der Waals surface area (Å²) in [7, 11) is 0. The first-order valence-corrected chi connectivity index (χ1v) is 15.8. The molecule has 0 spiro atoms. The molecule has 4 rings (SSSR count). The van der Waals surface area contributed by atoms with Gasteiger partial charge >= 0.3 is 5.97 Å². The summed E-state index contributed by atoms with van der Waals surface area (Å²) in [4.78, 5) is 26.4. The summed E-state index contributed by atoms with van der Waals surface area (Å²) in [6.07, 6.45) is 12.8. The van der Waals surface area contributed by atoms with Crippen molar-refractivity contribution in [1.82, 2.24) is 0 Å². The molecule has 1 aliphatic heterocycles. The Balaban J connectivity index is 1.57. The van der Waals surface area contributed by atoms with Gasteiger partial charge in [-0.15, -0.1) is 0 Å². The van der Waals surface area contributed by atoms with E-state index in [0.717, 1.165) is 19.3 Å². The number of Topliss-reactive ketones (excluding diaryl/α,β-unsaturated/α-hetero) is 1. The van der Waals surface area contributed by atoms with Crippen molar-refractivity contribution < 1.29 is 44.6 Å². The lowest BCUT2D eigenvalue weighted by atomic mass is 9.54. The Morgan fingerprint density at radius 2 is 1.79 bits per heavy atom. The molecule has 0 aromatic rings. The molecule has 3 aliphatic carbocycles. The molecule has 4 aliphatic rings. The number of aliphatic hydroxyl groups is 5. The molecule has 240 valence electrons. The van der Waals surface area contributed by atoms with Gasteiger partial charge in [0, 0.05) is 12.0 Å². The normalized spacial score (nSPS) is 41.9. The smallest absolute Gasteiger partial charge is 0.331 e. The molecule has 10 atom stereocenters. The van der Waals surface area contributed by atoms with Gasteiger partial charge in [-0.25, -0.2) is 4.79 Å². The van der Waals surface area contributed by atoms with E-state index < -0.39 is 76.8 Å². The van der Waals surface area contributed by atoms with E-state index in [1.165, 1.54) is 51.2 Å². The highest BCUT2D eigenvalue weighted by molar-refractivity contribution is 6.05. The van der Waals surface area contributed by atoms with Gasteiger partial charge < -0.3 is 35.0 Å². The zero-order valence-corrected chi connectivity index (χ0v) is 26.0. The minimum Gasteiger partial charge on any atom is -0.455 e. The maximum atomic E-state index is 13.3. The number of fused-ring (bicyclic) bond motifs is 5. The third-order valence-corrected chi connectivity index (χ3v) is 10.5. The Morgan fingerprint density at radius 1 is 1.14 bits per heavy atom. The first kappa shape index (κ1) is 33.7. The number of hydrogen-bond acceptors (Lipinski definition) is 9. The van der Waals surface area contributed by atoms with Gasteiger partial charge in [0.25, 0.3) is 0 Å². The van der Waals surface area contributed by atoms with E-state index in [2.05, 4.69) is 13.5 Å². The molecule has 0 radical (unpaired) electrons. The number of aliphatic hydroxyl groups excluding tert-OH is 2. The SMILES string of the molecule is C=C(C)[C@]1(O)C[C@@H](C)[C@@]2(O)C(C1OC(=O)/C=C/C=C/CCCCCCCCC)[C@@H]1O[C@]1(CO)[C@@H](O)[C@]1(O)C(=O)C(C)=CC21. The number of esters is 1. The highest BCUT2D eigenvalue weighted by Gasteiger charge is 2.83. The molecular formula is C34H50O9. The Labute approximate surface area is 255 Å². The quantitative estimate of drug-likeness (QED) is 0.0533. The van der Waals surface area contributed by atoms with Crippen LogP contribution in [0.2, 0.25) is 0 Å². The molecule has 0 bridgehead atoms. The van der Waals surface area contributed by atoms with Crippen LogP contribution in [0.25, 0.3) is 0 Å². The first-order chi connectivity index (χ1) is 20.3. The van der Waals surface area contributed by atoms with E-state index in [1.807, 2.05) is 6.08 Å². The van der Waals surface area contributed by atoms with Crippen LogP contribution in [0.15, 0.2) is 48.1 Å².